The maximum Gasteiger partial charge on any atom is 0.274 e. The van der Waals surface area contributed by atoms with Gasteiger partial charge in [-0.05, 0) is 51.0 Å². The Balaban J connectivity index is 1.42. The first-order valence-corrected chi connectivity index (χ1v) is 8.87. The Kier molecular flexibility index (Phi) is 3.83. The van der Waals surface area contributed by atoms with Crippen molar-refractivity contribution in [1.29, 1.82) is 0 Å². The van der Waals surface area contributed by atoms with Gasteiger partial charge in [-0.1, -0.05) is 0 Å². The molecule has 4 rings (SSSR count). The molecule has 1 saturated carbocycles. The summed E-state index contributed by atoms with van der Waals surface area (Å²) in [6, 6.07) is 2.32. The first kappa shape index (κ1) is 14.7. The minimum Gasteiger partial charge on any atom is -0.353 e. The SMILES string of the molecule is O=C(NC1CC1)C1CCCN(C(=O)c2cc3n(n2)CCCC3)C1. The maximum atomic E-state index is 12.7. The number of carbonyl (C=O) groups excluding carboxylic acids is 2. The third-order valence-electron chi connectivity index (χ3n) is 5.14. The summed E-state index contributed by atoms with van der Waals surface area (Å²) in [4.78, 5) is 26.8. The number of amides is 2. The quantitative estimate of drug-likeness (QED) is 0.915. The van der Waals surface area contributed by atoms with Crippen LogP contribution in [0.25, 0.3) is 0 Å². The lowest BCUT2D eigenvalue weighted by Crippen LogP contribution is -2.46. The molecule has 1 saturated heterocycles. The first-order chi connectivity index (χ1) is 11.2. The van der Waals surface area contributed by atoms with Crippen molar-refractivity contribution in [3.8, 4) is 0 Å². The van der Waals surface area contributed by atoms with Gasteiger partial charge < -0.3 is 10.2 Å². The molecule has 2 amide bonds. The molecule has 1 aromatic heterocycles. The van der Waals surface area contributed by atoms with Gasteiger partial charge in [0.15, 0.2) is 5.69 Å². The monoisotopic (exact) mass is 316 g/mol. The van der Waals surface area contributed by atoms with Crippen LogP contribution in [0.15, 0.2) is 6.07 Å². The van der Waals surface area contributed by atoms with E-state index in [0.29, 0.717) is 18.3 Å². The van der Waals surface area contributed by atoms with Crippen molar-refractivity contribution in [2.24, 2.45) is 5.92 Å². The third-order valence-corrected chi connectivity index (χ3v) is 5.14. The van der Waals surface area contributed by atoms with E-state index in [1.807, 2.05) is 15.6 Å². The van der Waals surface area contributed by atoms with Crippen LogP contribution in [0, 0.1) is 5.92 Å². The fourth-order valence-corrected chi connectivity index (χ4v) is 3.61. The van der Waals surface area contributed by atoms with Gasteiger partial charge in [0.05, 0.1) is 5.92 Å². The molecule has 1 N–H and O–H groups in total. The predicted molar refractivity (Wildman–Crippen MR) is 85.0 cm³/mol. The number of fused-ring (bicyclic) bond motifs is 1. The Morgan fingerprint density at radius 2 is 2.00 bits per heavy atom. The van der Waals surface area contributed by atoms with Crippen molar-refractivity contribution in [1.82, 2.24) is 20.0 Å². The van der Waals surface area contributed by atoms with E-state index in [1.54, 1.807) is 0 Å². The second-order valence-corrected chi connectivity index (χ2v) is 7.07. The van der Waals surface area contributed by atoms with E-state index in [-0.39, 0.29) is 17.7 Å². The second kappa shape index (κ2) is 5.98. The van der Waals surface area contributed by atoms with Gasteiger partial charge >= 0.3 is 0 Å². The Morgan fingerprint density at radius 1 is 1.13 bits per heavy atom. The lowest BCUT2D eigenvalue weighted by Gasteiger charge is -2.31. The van der Waals surface area contributed by atoms with Crippen molar-refractivity contribution in [3.05, 3.63) is 17.5 Å². The summed E-state index contributed by atoms with van der Waals surface area (Å²) >= 11 is 0. The number of piperidine rings is 1. The number of nitrogens with one attached hydrogen (secondary N) is 1. The summed E-state index contributed by atoms with van der Waals surface area (Å²) in [7, 11) is 0. The van der Waals surface area contributed by atoms with E-state index in [2.05, 4.69) is 10.4 Å². The summed E-state index contributed by atoms with van der Waals surface area (Å²) in [5.74, 6) is 0.0375. The van der Waals surface area contributed by atoms with Gasteiger partial charge in [-0.2, -0.15) is 5.10 Å². The molecule has 6 heteroatoms. The highest BCUT2D eigenvalue weighted by Gasteiger charge is 2.33. The van der Waals surface area contributed by atoms with E-state index in [9.17, 15) is 9.59 Å². The lowest BCUT2D eigenvalue weighted by molar-refractivity contribution is -0.126. The standard InChI is InChI=1S/C17H24N4O2/c22-16(18-13-6-7-13)12-4-3-8-20(11-12)17(23)15-10-14-5-1-2-9-21(14)19-15/h10,12-13H,1-9,11H2,(H,18,22). The molecule has 0 spiro atoms. The van der Waals surface area contributed by atoms with Crippen LogP contribution in [0.4, 0.5) is 0 Å². The number of aryl methyl sites for hydroxylation is 2. The van der Waals surface area contributed by atoms with Crippen molar-refractivity contribution >= 4 is 11.8 Å². The van der Waals surface area contributed by atoms with Crippen LogP contribution in [-0.4, -0.2) is 45.6 Å². The second-order valence-electron chi connectivity index (χ2n) is 7.07. The first-order valence-electron chi connectivity index (χ1n) is 8.87. The summed E-state index contributed by atoms with van der Waals surface area (Å²) in [5.41, 5.74) is 1.71. The van der Waals surface area contributed by atoms with E-state index < -0.39 is 0 Å². The summed E-state index contributed by atoms with van der Waals surface area (Å²) in [5, 5.41) is 7.55. The molecule has 2 aliphatic heterocycles. The smallest absolute Gasteiger partial charge is 0.274 e. The van der Waals surface area contributed by atoms with Gasteiger partial charge in [-0.3, -0.25) is 14.3 Å². The predicted octanol–water partition coefficient (Wildman–Crippen LogP) is 1.35. The molecular formula is C17H24N4O2. The normalized spacial score (nSPS) is 24.2. The van der Waals surface area contributed by atoms with Gasteiger partial charge in [0.2, 0.25) is 5.91 Å². The number of rotatable bonds is 3. The number of carbonyl (C=O) groups is 2. The van der Waals surface area contributed by atoms with Gasteiger partial charge in [0, 0.05) is 31.4 Å². The Bertz CT molecular complexity index is 597. The van der Waals surface area contributed by atoms with E-state index in [4.69, 9.17) is 0 Å². The Morgan fingerprint density at radius 3 is 2.78 bits per heavy atom. The summed E-state index contributed by atoms with van der Waals surface area (Å²) < 4.78 is 1.97. The number of aromatic nitrogens is 2. The topological polar surface area (TPSA) is 67.2 Å². The van der Waals surface area contributed by atoms with Gasteiger partial charge in [0.25, 0.3) is 5.91 Å². The van der Waals surface area contributed by atoms with E-state index in [1.165, 1.54) is 12.1 Å². The zero-order valence-electron chi connectivity index (χ0n) is 13.5. The largest absolute Gasteiger partial charge is 0.353 e. The molecular weight excluding hydrogens is 292 g/mol. The lowest BCUT2D eigenvalue weighted by atomic mass is 9.96. The van der Waals surface area contributed by atoms with Crippen LogP contribution >= 0.6 is 0 Å². The zero-order valence-corrected chi connectivity index (χ0v) is 13.5. The van der Waals surface area contributed by atoms with Crippen LogP contribution in [-0.2, 0) is 17.8 Å². The highest BCUT2D eigenvalue weighted by atomic mass is 16.2. The fourth-order valence-electron chi connectivity index (χ4n) is 3.61. The van der Waals surface area contributed by atoms with Crippen LogP contribution in [0.5, 0.6) is 0 Å². The molecule has 1 aromatic rings. The van der Waals surface area contributed by atoms with Crippen molar-refractivity contribution in [3.63, 3.8) is 0 Å². The van der Waals surface area contributed by atoms with Crippen LogP contribution in [0.2, 0.25) is 0 Å². The summed E-state index contributed by atoms with van der Waals surface area (Å²) in [6.45, 7) is 2.17. The van der Waals surface area contributed by atoms with E-state index >= 15 is 0 Å². The zero-order chi connectivity index (χ0) is 15.8. The van der Waals surface area contributed by atoms with Gasteiger partial charge in [-0.25, -0.2) is 0 Å². The van der Waals surface area contributed by atoms with Gasteiger partial charge in [0.1, 0.15) is 0 Å². The number of hydrogen-bond donors (Lipinski definition) is 1. The Hall–Kier alpha value is -1.85. The van der Waals surface area contributed by atoms with Gasteiger partial charge in [-0.15, -0.1) is 0 Å². The van der Waals surface area contributed by atoms with Crippen LogP contribution < -0.4 is 5.32 Å². The fraction of sp³-hybridized carbons (Fsp3) is 0.706. The minimum atomic E-state index is -0.0643. The number of nitrogens with zero attached hydrogens (tertiary/aromatic N) is 3. The molecule has 1 atom stereocenters. The molecule has 23 heavy (non-hydrogen) atoms. The molecule has 1 unspecified atom stereocenters. The third kappa shape index (κ3) is 3.12. The molecule has 1 aliphatic carbocycles. The molecule has 3 aliphatic rings. The van der Waals surface area contributed by atoms with Crippen LogP contribution in [0.1, 0.15) is 54.7 Å². The molecule has 0 aromatic carbocycles. The Labute approximate surface area is 136 Å². The number of hydrogen-bond acceptors (Lipinski definition) is 3. The molecule has 6 nitrogen and oxygen atoms in total. The van der Waals surface area contributed by atoms with Crippen molar-refractivity contribution in [2.75, 3.05) is 13.1 Å². The van der Waals surface area contributed by atoms with E-state index in [0.717, 1.165) is 51.6 Å². The molecule has 0 radical (unpaired) electrons. The van der Waals surface area contributed by atoms with Crippen molar-refractivity contribution in [2.45, 2.75) is 57.5 Å². The summed E-state index contributed by atoms with van der Waals surface area (Å²) in [6.07, 6.45) is 7.28. The molecule has 0 bridgehead atoms. The van der Waals surface area contributed by atoms with Crippen LogP contribution in [0.3, 0.4) is 0 Å². The minimum absolute atomic E-state index is 0.0178. The molecule has 2 fully saturated rings. The average molecular weight is 316 g/mol. The van der Waals surface area contributed by atoms with Crippen molar-refractivity contribution < 1.29 is 9.59 Å². The highest BCUT2D eigenvalue weighted by molar-refractivity contribution is 5.93. The molecule has 3 heterocycles. The number of likely N-dealkylation sites (tertiary alicyclic amines) is 1. The highest BCUT2D eigenvalue weighted by Crippen LogP contribution is 2.23. The molecule has 124 valence electrons. The maximum absolute atomic E-state index is 12.7. The average Bonchev–Trinajstić information content (AvgIpc) is 3.29.